The van der Waals surface area contributed by atoms with Crippen LogP contribution < -0.4 is 20.5 Å². The highest BCUT2D eigenvalue weighted by molar-refractivity contribution is 5.69. The molecule has 3 aromatic rings. The Morgan fingerprint density at radius 2 is 1.85 bits per heavy atom. The molecule has 0 spiro atoms. The summed E-state index contributed by atoms with van der Waals surface area (Å²) in [4.78, 5) is 18.5. The zero-order chi connectivity index (χ0) is 19.4. The van der Waals surface area contributed by atoms with E-state index in [0.717, 1.165) is 22.5 Å². The molecule has 2 aromatic carbocycles. The lowest BCUT2D eigenvalue weighted by atomic mass is 10.1. The van der Waals surface area contributed by atoms with Crippen LogP contribution in [0.15, 0.2) is 59.5 Å². The Balaban J connectivity index is 2.03. The van der Waals surface area contributed by atoms with Gasteiger partial charge in [0.1, 0.15) is 0 Å². The molecule has 27 heavy (non-hydrogen) atoms. The minimum atomic E-state index is -0.397. The van der Waals surface area contributed by atoms with Gasteiger partial charge in [-0.3, -0.25) is 4.79 Å². The molecule has 0 bridgehead atoms. The number of ether oxygens (including phenoxy) is 1. The van der Waals surface area contributed by atoms with E-state index in [9.17, 15) is 4.79 Å². The van der Waals surface area contributed by atoms with Crippen molar-refractivity contribution in [1.29, 1.82) is 0 Å². The van der Waals surface area contributed by atoms with Crippen molar-refractivity contribution in [2.24, 2.45) is 0 Å². The lowest BCUT2D eigenvalue weighted by Gasteiger charge is -2.20. The maximum absolute atomic E-state index is 12.2. The van der Waals surface area contributed by atoms with Gasteiger partial charge in [0.25, 0.3) is 0 Å². The summed E-state index contributed by atoms with van der Waals surface area (Å²) >= 11 is 0. The second-order valence-electron chi connectivity index (χ2n) is 6.52. The summed E-state index contributed by atoms with van der Waals surface area (Å²) in [6, 6.07) is 16.0. The van der Waals surface area contributed by atoms with Crippen LogP contribution in [-0.4, -0.2) is 30.8 Å². The summed E-state index contributed by atoms with van der Waals surface area (Å²) < 4.78 is 7.06. The van der Waals surface area contributed by atoms with Gasteiger partial charge in [0.15, 0.2) is 0 Å². The van der Waals surface area contributed by atoms with Gasteiger partial charge in [-0.05, 0) is 30.2 Å². The second kappa shape index (κ2) is 7.95. The molecular formula is C21H24N4O2. The third kappa shape index (κ3) is 4.11. The number of hydrogen-bond acceptors (Lipinski definition) is 5. The Morgan fingerprint density at radius 3 is 2.52 bits per heavy atom. The number of nitrogens with zero attached hydrogens (tertiary/aromatic N) is 3. The van der Waals surface area contributed by atoms with Crippen molar-refractivity contribution in [2.75, 3.05) is 31.4 Å². The predicted molar refractivity (Wildman–Crippen MR) is 109 cm³/mol. The highest BCUT2D eigenvalue weighted by atomic mass is 16.5. The quantitative estimate of drug-likeness (QED) is 0.726. The van der Waals surface area contributed by atoms with Gasteiger partial charge in [-0.1, -0.05) is 36.4 Å². The Morgan fingerprint density at radius 1 is 1.11 bits per heavy atom. The molecule has 0 aliphatic carbocycles. The second-order valence-corrected chi connectivity index (χ2v) is 6.52. The average Bonchev–Trinajstić information content (AvgIpc) is 2.66. The van der Waals surface area contributed by atoms with Crippen LogP contribution in [0.4, 0.5) is 17.3 Å². The molecule has 140 valence electrons. The van der Waals surface area contributed by atoms with Crippen LogP contribution in [0, 0.1) is 6.92 Å². The van der Waals surface area contributed by atoms with Crippen LogP contribution >= 0.6 is 0 Å². The standard InChI is InChI=1S/C21H24N4O2/c1-15-17(11-8-12-18(15)24(2)3)22-21-23-20(26)19(27-4)14-25(21)13-16-9-6-5-7-10-16/h5-12,14H,13H2,1-4H3,(H,22,23,26). The number of rotatable bonds is 6. The molecule has 6 nitrogen and oxygen atoms in total. The molecule has 0 unspecified atom stereocenters. The van der Waals surface area contributed by atoms with Gasteiger partial charge in [-0.15, -0.1) is 0 Å². The summed E-state index contributed by atoms with van der Waals surface area (Å²) in [7, 11) is 5.48. The van der Waals surface area contributed by atoms with Crippen molar-refractivity contribution in [3.8, 4) is 5.75 Å². The van der Waals surface area contributed by atoms with E-state index in [1.54, 1.807) is 6.20 Å². The summed E-state index contributed by atoms with van der Waals surface area (Å²) in [5, 5.41) is 3.32. The maximum Gasteiger partial charge on any atom is 0.316 e. The Hall–Kier alpha value is -3.28. The monoisotopic (exact) mass is 364 g/mol. The molecule has 0 saturated heterocycles. The number of anilines is 3. The zero-order valence-corrected chi connectivity index (χ0v) is 16.1. The Kier molecular flexibility index (Phi) is 5.45. The van der Waals surface area contributed by atoms with Gasteiger partial charge in [0.05, 0.1) is 19.9 Å². The normalized spacial score (nSPS) is 10.5. The molecule has 1 heterocycles. The lowest BCUT2D eigenvalue weighted by Crippen LogP contribution is -2.19. The predicted octanol–water partition coefficient (Wildman–Crippen LogP) is 3.42. The highest BCUT2D eigenvalue weighted by Gasteiger charge is 2.12. The first kappa shape index (κ1) is 18.5. The van der Waals surface area contributed by atoms with Crippen molar-refractivity contribution >= 4 is 17.3 Å². The topological polar surface area (TPSA) is 59.4 Å². The van der Waals surface area contributed by atoms with Gasteiger partial charge < -0.3 is 19.5 Å². The van der Waals surface area contributed by atoms with Crippen LogP contribution in [0.2, 0.25) is 0 Å². The van der Waals surface area contributed by atoms with Crippen LogP contribution in [0.1, 0.15) is 11.1 Å². The average molecular weight is 364 g/mol. The van der Waals surface area contributed by atoms with E-state index in [1.807, 2.05) is 68.1 Å². The lowest BCUT2D eigenvalue weighted by molar-refractivity contribution is 0.402. The van der Waals surface area contributed by atoms with Gasteiger partial charge in [0, 0.05) is 25.5 Å². The smallest absolute Gasteiger partial charge is 0.316 e. The number of nitrogens with one attached hydrogen (secondary N) is 1. The van der Waals surface area contributed by atoms with Gasteiger partial charge >= 0.3 is 5.56 Å². The summed E-state index contributed by atoms with van der Waals surface area (Å²) in [6.07, 6.45) is 1.69. The van der Waals surface area contributed by atoms with Crippen LogP contribution in [-0.2, 0) is 6.54 Å². The van der Waals surface area contributed by atoms with Crippen LogP contribution in [0.3, 0.4) is 0 Å². The molecule has 0 fully saturated rings. The minimum absolute atomic E-state index is 0.218. The fourth-order valence-electron chi connectivity index (χ4n) is 2.98. The zero-order valence-electron chi connectivity index (χ0n) is 16.1. The first-order valence-electron chi connectivity index (χ1n) is 8.73. The molecule has 0 saturated carbocycles. The van der Waals surface area contributed by atoms with Gasteiger partial charge in [-0.25, -0.2) is 0 Å². The van der Waals surface area contributed by atoms with Crippen LogP contribution in [0.5, 0.6) is 5.75 Å². The van der Waals surface area contributed by atoms with E-state index in [0.29, 0.717) is 12.5 Å². The largest absolute Gasteiger partial charge is 0.490 e. The molecular weight excluding hydrogens is 340 g/mol. The molecule has 0 radical (unpaired) electrons. The molecule has 0 atom stereocenters. The number of aromatic nitrogens is 2. The molecule has 0 aliphatic heterocycles. The minimum Gasteiger partial charge on any atom is -0.490 e. The van der Waals surface area contributed by atoms with Crippen molar-refractivity contribution in [1.82, 2.24) is 9.55 Å². The van der Waals surface area contributed by atoms with Gasteiger partial charge in [0.2, 0.25) is 11.7 Å². The number of hydrogen-bond donors (Lipinski definition) is 1. The summed E-state index contributed by atoms with van der Waals surface area (Å²) in [6.45, 7) is 2.61. The number of methoxy groups -OCH3 is 1. The molecule has 6 heteroatoms. The van der Waals surface area contributed by atoms with E-state index >= 15 is 0 Å². The summed E-state index contributed by atoms with van der Waals surface area (Å²) in [5.74, 6) is 0.693. The SMILES string of the molecule is COc1cn(Cc2ccccc2)c(Nc2cccc(N(C)C)c2C)nc1=O. The fraction of sp³-hybridized carbons (Fsp3) is 0.238. The molecule has 1 N–H and O–H groups in total. The third-order valence-electron chi connectivity index (χ3n) is 4.41. The first-order chi connectivity index (χ1) is 13.0. The van der Waals surface area contributed by atoms with E-state index in [4.69, 9.17) is 4.74 Å². The first-order valence-corrected chi connectivity index (χ1v) is 8.73. The molecule has 3 rings (SSSR count). The van der Waals surface area contributed by atoms with Crippen molar-refractivity contribution in [3.05, 3.63) is 76.2 Å². The highest BCUT2D eigenvalue weighted by Crippen LogP contribution is 2.27. The number of benzene rings is 2. The Labute approximate surface area is 159 Å². The summed E-state index contributed by atoms with van der Waals surface area (Å²) in [5.41, 5.74) is 3.79. The van der Waals surface area contributed by atoms with Crippen molar-refractivity contribution in [2.45, 2.75) is 13.5 Å². The van der Waals surface area contributed by atoms with Gasteiger partial charge in [-0.2, -0.15) is 4.98 Å². The van der Waals surface area contributed by atoms with E-state index in [1.165, 1.54) is 7.11 Å². The molecule has 1 aromatic heterocycles. The van der Waals surface area contributed by atoms with E-state index < -0.39 is 5.56 Å². The molecule has 0 aliphatic rings. The maximum atomic E-state index is 12.2. The third-order valence-corrected chi connectivity index (χ3v) is 4.41. The van der Waals surface area contributed by atoms with E-state index in [2.05, 4.69) is 21.3 Å². The van der Waals surface area contributed by atoms with Crippen LogP contribution in [0.25, 0.3) is 0 Å². The Bertz CT molecular complexity index is 981. The van der Waals surface area contributed by atoms with Crippen molar-refractivity contribution < 1.29 is 4.74 Å². The van der Waals surface area contributed by atoms with E-state index in [-0.39, 0.29) is 5.75 Å². The fourth-order valence-corrected chi connectivity index (χ4v) is 2.98. The molecule has 0 amide bonds. The van der Waals surface area contributed by atoms with Crippen molar-refractivity contribution in [3.63, 3.8) is 0 Å².